The third-order valence-electron chi connectivity index (χ3n) is 2.42. The van der Waals surface area contributed by atoms with Crippen molar-refractivity contribution in [3.8, 4) is 0 Å². The Kier molecular flexibility index (Phi) is 5.67. The maximum atomic E-state index is 13.3. The van der Waals surface area contributed by atoms with Crippen LogP contribution in [0.4, 0.5) is 10.1 Å². The number of halogens is 1. The van der Waals surface area contributed by atoms with E-state index in [-0.39, 0.29) is 6.10 Å². The predicted molar refractivity (Wildman–Crippen MR) is 65.8 cm³/mol. The van der Waals surface area contributed by atoms with Crippen molar-refractivity contribution in [2.24, 2.45) is 0 Å². The fraction of sp³-hybridized carbons (Fsp3) is 0.500. The average Bonchev–Trinajstić information content (AvgIpc) is 2.29. The summed E-state index contributed by atoms with van der Waals surface area (Å²) in [6, 6.07) is 3.90. The zero-order valence-corrected chi connectivity index (χ0v) is 10.5. The normalized spacial score (nSPS) is 12.4. The summed E-state index contributed by atoms with van der Waals surface area (Å²) in [4.78, 5) is 9.71. The fourth-order valence-corrected chi connectivity index (χ4v) is 1.57. The lowest BCUT2D eigenvalue weighted by molar-refractivity contribution is -0.387. The largest absolute Gasteiger partial charge is 0.377 e. The molecule has 0 aliphatic carbocycles. The van der Waals surface area contributed by atoms with Crippen molar-refractivity contribution < 1.29 is 14.1 Å². The summed E-state index contributed by atoms with van der Waals surface area (Å²) in [5, 5.41) is 13.5. The summed E-state index contributed by atoms with van der Waals surface area (Å²) < 4.78 is 18.6. The first-order chi connectivity index (χ1) is 8.54. The van der Waals surface area contributed by atoms with Gasteiger partial charge in [0.15, 0.2) is 0 Å². The van der Waals surface area contributed by atoms with Crippen LogP contribution in [0, 0.1) is 15.9 Å². The first kappa shape index (κ1) is 14.5. The smallest absolute Gasteiger partial charge is 0.304 e. The number of hydrogen-bond donors (Lipinski definition) is 1. The van der Waals surface area contributed by atoms with Crippen molar-refractivity contribution in [2.75, 3.05) is 13.2 Å². The monoisotopic (exact) mass is 256 g/mol. The Labute approximate surface area is 105 Å². The Morgan fingerprint density at radius 3 is 2.83 bits per heavy atom. The molecule has 1 aromatic rings. The minimum absolute atomic E-state index is 0.0814. The molecule has 0 heterocycles. The molecule has 0 saturated carbocycles. The molecular formula is C12H17FN2O3. The van der Waals surface area contributed by atoms with E-state index >= 15 is 0 Å². The van der Waals surface area contributed by atoms with Gasteiger partial charge in [0.05, 0.1) is 11.0 Å². The molecule has 1 rings (SSSR count). The lowest BCUT2D eigenvalue weighted by Gasteiger charge is -2.12. The molecule has 18 heavy (non-hydrogen) atoms. The highest BCUT2D eigenvalue weighted by Crippen LogP contribution is 2.17. The number of nitrogens with zero attached hydrogens (tertiary/aromatic N) is 1. The molecule has 1 atom stereocenters. The van der Waals surface area contributed by atoms with Gasteiger partial charge in [-0.05, 0) is 25.5 Å². The quantitative estimate of drug-likeness (QED) is 0.600. The number of rotatable bonds is 7. The highest BCUT2D eigenvalue weighted by molar-refractivity contribution is 5.34. The topological polar surface area (TPSA) is 64.4 Å². The van der Waals surface area contributed by atoms with Crippen LogP contribution in [0.5, 0.6) is 0 Å². The Morgan fingerprint density at radius 1 is 1.56 bits per heavy atom. The molecular weight excluding hydrogens is 239 g/mol. The predicted octanol–water partition coefficient (Wildman–Crippen LogP) is 2.25. The maximum Gasteiger partial charge on any atom is 0.304 e. The summed E-state index contributed by atoms with van der Waals surface area (Å²) in [6.45, 7) is 5.60. The van der Waals surface area contributed by atoms with Crippen LogP contribution in [-0.4, -0.2) is 24.2 Å². The SMILES string of the molecule is CCOC(C)CNCc1ccc([N+](=O)[O-])c(F)c1. The molecule has 0 amide bonds. The third-order valence-corrected chi connectivity index (χ3v) is 2.42. The van der Waals surface area contributed by atoms with Crippen LogP contribution in [0.15, 0.2) is 18.2 Å². The van der Waals surface area contributed by atoms with Crippen molar-refractivity contribution in [3.63, 3.8) is 0 Å². The zero-order chi connectivity index (χ0) is 13.5. The Bertz CT molecular complexity index is 412. The zero-order valence-electron chi connectivity index (χ0n) is 10.5. The van der Waals surface area contributed by atoms with E-state index in [2.05, 4.69) is 5.32 Å². The van der Waals surface area contributed by atoms with Gasteiger partial charge in [-0.15, -0.1) is 0 Å². The van der Waals surface area contributed by atoms with Gasteiger partial charge in [0.2, 0.25) is 5.82 Å². The van der Waals surface area contributed by atoms with Gasteiger partial charge in [-0.1, -0.05) is 6.07 Å². The fourth-order valence-electron chi connectivity index (χ4n) is 1.57. The summed E-state index contributed by atoms with van der Waals surface area (Å²) in [5.41, 5.74) is 0.170. The van der Waals surface area contributed by atoms with Crippen LogP contribution in [0.2, 0.25) is 0 Å². The van der Waals surface area contributed by atoms with Gasteiger partial charge in [-0.3, -0.25) is 10.1 Å². The van der Waals surface area contributed by atoms with Crippen molar-refractivity contribution >= 4 is 5.69 Å². The van der Waals surface area contributed by atoms with Crippen LogP contribution in [0.1, 0.15) is 19.4 Å². The van der Waals surface area contributed by atoms with E-state index in [1.165, 1.54) is 12.1 Å². The van der Waals surface area contributed by atoms with E-state index in [1.54, 1.807) is 6.07 Å². The summed E-state index contributed by atoms with van der Waals surface area (Å²) in [7, 11) is 0. The van der Waals surface area contributed by atoms with Gasteiger partial charge in [0.25, 0.3) is 0 Å². The second-order valence-corrected chi connectivity index (χ2v) is 3.94. The Balaban J connectivity index is 2.49. The van der Waals surface area contributed by atoms with E-state index in [9.17, 15) is 14.5 Å². The molecule has 0 saturated heterocycles. The summed E-state index contributed by atoms with van der Waals surface area (Å²) in [6.07, 6.45) is 0.0814. The van der Waals surface area contributed by atoms with Gasteiger partial charge in [-0.2, -0.15) is 4.39 Å². The van der Waals surface area contributed by atoms with Gasteiger partial charge in [0.1, 0.15) is 0 Å². The number of nitro groups is 1. The number of benzene rings is 1. The van der Waals surface area contributed by atoms with E-state index in [0.29, 0.717) is 25.3 Å². The molecule has 0 bridgehead atoms. The van der Waals surface area contributed by atoms with Crippen LogP contribution >= 0.6 is 0 Å². The lowest BCUT2D eigenvalue weighted by Crippen LogP contribution is -2.26. The van der Waals surface area contributed by atoms with Crippen LogP contribution in [0.3, 0.4) is 0 Å². The van der Waals surface area contributed by atoms with Gasteiger partial charge >= 0.3 is 5.69 Å². The molecule has 1 N–H and O–H groups in total. The second-order valence-electron chi connectivity index (χ2n) is 3.94. The second kappa shape index (κ2) is 7.03. The van der Waals surface area contributed by atoms with Crippen LogP contribution in [0.25, 0.3) is 0 Å². The number of ether oxygens (including phenoxy) is 1. The molecule has 6 heteroatoms. The summed E-state index contributed by atoms with van der Waals surface area (Å²) >= 11 is 0. The van der Waals surface area contributed by atoms with Crippen LogP contribution < -0.4 is 5.32 Å². The highest BCUT2D eigenvalue weighted by Gasteiger charge is 2.13. The molecule has 0 radical (unpaired) electrons. The van der Waals surface area contributed by atoms with Crippen molar-refractivity contribution in [1.29, 1.82) is 0 Å². The van der Waals surface area contributed by atoms with E-state index in [1.807, 2.05) is 13.8 Å². The molecule has 1 aromatic carbocycles. The maximum absolute atomic E-state index is 13.3. The number of nitrogens with one attached hydrogen (secondary N) is 1. The van der Waals surface area contributed by atoms with E-state index in [0.717, 1.165) is 0 Å². The Morgan fingerprint density at radius 2 is 2.28 bits per heavy atom. The molecule has 0 fully saturated rings. The van der Waals surface area contributed by atoms with Crippen LogP contribution in [-0.2, 0) is 11.3 Å². The molecule has 5 nitrogen and oxygen atoms in total. The molecule has 0 aliphatic rings. The van der Waals surface area contributed by atoms with Gasteiger partial charge in [0, 0.05) is 25.8 Å². The first-order valence-corrected chi connectivity index (χ1v) is 5.79. The number of nitro benzene ring substituents is 1. The van der Waals surface area contributed by atoms with Gasteiger partial charge < -0.3 is 10.1 Å². The Hall–Kier alpha value is -1.53. The molecule has 0 spiro atoms. The van der Waals surface area contributed by atoms with E-state index < -0.39 is 16.4 Å². The third kappa shape index (κ3) is 4.38. The molecule has 0 aliphatic heterocycles. The minimum atomic E-state index is -0.808. The van der Waals surface area contributed by atoms with E-state index in [4.69, 9.17) is 4.74 Å². The molecule has 100 valence electrons. The lowest BCUT2D eigenvalue weighted by atomic mass is 10.2. The first-order valence-electron chi connectivity index (χ1n) is 5.79. The van der Waals surface area contributed by atoms with Gasteiger partial charge in [-0.25, -0.2) is 0 Å². The minimum Gasteiger partial charge on any atom is -0.377 e. The van der Waals surface area contributed by atoms with Crippen molar-refractivity contribution in [3.05, 3.63) is 39.7 Å². The molecule has 1 unspecified atom stereocenters. The standard InChI is InChI=1S/C12H17FN2O3/c1-3-18-9(2)7-14-8-10-4-5-12(15(16)17)11(13)6-10/h4-6,9,14H,3,7-8H2,1-2H3. The average molecular weight is 256 g/mol. The number of hydrogen-bond acceptors (Lipinski definition) is 4. The van der Waals surface area contributed by atoms with Crippen molar-refractivity contribution in [1.82, 2.24) is 5.32 Å². The highest BCUT2D eigenvalue weighted by atomic mass is 19.1. The summed E-state index contributed by atoms with van der Waals surface area (Å²) in [5.74, 6) is -0.808. The van der Waals surface area contributed by atoms with Crippen molar-refractivity contribution in [2.45, 2.75) is 26.5 Å². The molecule has 0 aromatic heterocycles.